The van der Waals surface area contributed by atoms with Gasteiger partial charge < -0.3 is 9.84 Å². The summed E-state index contributed by atoms with van der Waals surface area (Å²) in [6.45, 7) is 4.20. The van der Waals surface area contributed by atoms with Crippen LogP contribution in [-0.4, -0.2) is 40.7 Å². The second-order valence-electron chi connectivity index (χ2n) is 5.69. The van der Waals surface area contributed by atoms with E-state index < -0.39 is 0 Å². The average molecular weight is 270 g/mol. The van der Waals surface area contributed by atoms with E-state index in [1.54, 1.807) is 0 Å². The van der Waals surface area contributed by atoms with Crippen LogP contribution in [0, 0.1) is 5.92 Å². The third-order valence-electron chi connectivity index (χ3n) is 4.29. The Morgan fingerprint density at radius 2 is 2.15 bits per heavy atom. The van der Waals surface area contributed by atoms with E-state index in [4.69, 9.17) is 4.52 Å². The largest absolute Gasteiger partial charge is 0.334 e. The van der Waals surface area contributed by atoms with Crippen LogP contribution in [0.2, 0.25) is 0 Å². The minimum atomic E-state index is 0.609. The van der Waals surface area contributed by atoms with Crippen LogP contribution in [0.25, 0.3) is 11.5 Å². The van der Waals surface area contributed by atoms with Crippen LogP contribution in [0.3, 0.4) is 0 Å². The van der Waals surface area contributed by atoms with Crippen molar-refractivity contribution in [1.82, 2.24) is 20.4 Å². The molecule has 0 bridgehead atoms. The summed E-state index contributed by atoms with van der Waals surface area (Å²) in [5.41, 5.74) is 0.978. The van der Waals surface area contributed by atoms with Gasteiger partial charge in [0.25, 0.3) is 5.89 Å². The molecule has 4 rings (SSSR count). The second-order valence-corrected chi connectivity index (χ2v) is 5.69. The highest BCUT2D eigenvalue weighted by molar-refractivity contribution is 5.51. The Labute approximate surface area is 118 Å². The first-order chi connectivity index (χ1) is 9.88. The number of nitrogens with zero attached hydrogens (tertiary/aromatic N) is 3. The van der Waals surface area contributed by atoms with Crippen molar-refractivity contribution in [2.75, 3.05) is 19.6 Å². The number of fused-ring (bicyclic) bond motifs is 1. The molecule has 0 saturated carbocycles. The third kappa shape index (κ3) is 2.23. The highest BCUT2D eigenvalue weighted by Crippen LogP contribution is 2.25. The van der Waals surface area contributed by atoms with Gasteiger partial charge >= 0.3 is 0 Å². The molecule has 20 heavy (non-hydrogen) atoms. The number of rotatable bonds is 3. The minimum Gasteiger partial charge on any atom is -0.334 e. The summed E-state index contributed by atoms with van der Waals surface area (Å²) in [6, 6.07) is 10.6. The van der Waals surface area contributed by atoms with Crippen molar-refractivity contribution in [2.45, 2.75) is 19.0 Å². The molecule has 0 aliphatic carbocycles. The van der Waals surface area contributed by atoms with Gasteiger partial charge in [0.1, 0.15) is 0 Å². The molecule has 2 aromatic rings. The highest BCUT2D eigenvalue weighted by atomic mass is 16.5. The lowest BCUT2D eigenvalue weighted by atomic mass is 10.1. The van der Waals surface area contributed by atoms with Gasteiger partial charge in [-0.1, -0.05) is 23.4 Å². The molecular formula is C15H18N4O. The third-order valence-corrected chi connectivity index (χ3v) is 4.29. The molecule has 5 nitrogen and oxygen atoms in total. The molecule has 0 spiro atoms. The monoisotopic (exact) mass is 270 g/mol. The van der Waals surface area contributed by atoms with Crippen LogP contribution in [0.15, 0.2) is 34.9 Å². The van der Waals surface area contributed by atoms with Gasteiger partial charge in [-0.2, -0.15) is 4.98 Å². The van der Waals surface area contributed by atoms with Crippen LogP contribution in [0.4, 0.5) is 0 Å². The summed E-state index contributed by atoms with van der Waals surface area (Å²) >= 11 is 0. The van der Waals surface area contributed by atoms with E-state index in [0.717, 1.165) is 36.9 Å². The maximum Gasteiger partial charge on any atom is 0.257 e. The number of nitrogens with one attached hydrogen (secondary N) is 1. The highest BCUT2D eigenvalue weighted by Gasteiger charge is 2.36. The topological polar surface area (TPSA) is 54.2 Å². The predicted octanol–water partition coefficient (Wildman–Crippen LogP) is 1.53. The lowest BCUT2D eigenvalue weighted by Crippen LogP contribution is -2.30. The fourth-order valence-corrected chi connectivity index (χ4v) is 3.28. The smallest absolute Gasteiger partial charge is 0.257 e. The zero-order valence-electron chi connectivity index (χ0n) is 11.3. The van der Waals surface area contributed by atoms with Gasteiger partial charge in [0.05, 0.1) is 6.54 Å². The predicted molar refractivity (Wildman–Crippen MR) is 74.9 cm³/mol. The summed E-state index contributed by atoms with van der Waals surface area (Å²) in [6.07, 6.45) is 1.29. The van der Waals surface area contributed by atoms with Crippen LogP contribution < -0.4 is 5.32 Å². The molecule has 1 N–H and O–H groups in total. The number of benzene rings is 1. The van der Waals surface area contributed by atoms with E-state index in [1.165, 1.54) is 13.0 Å². The molecule has 1 aromatic carbocycles. The maximum atomic E-state index is 5.35. The van der Waals surface area contributed by atoms with E-state index in [2.05, 4.69) is 20.4 Å². The van der Waals surface area contributed by atoms with E-state index in [-0.39, 0.29) is 0 Å². The Kier molecular flexibility index (Phi) is 3.01. The first-order valence-electron chi connectivity index (χ1n) is 7.22. The molecule has 2 saturated heterocycles. The molecule has 0 unspecified atom stereocenters. The Bertz CT molecular complexity index is 571. The van der Waals surface area contributed by atoms with Crippen LogP contribution in [0.1, 0.15) is 12.2 Å². The fourth-order valence-electron chi connectivity index (χ4n) is 3.28. The Balaban J connectivity index is 1.44. The molecule has 2 aliphatic heterocycles. The van der Waals surface area contributed by atoms with Crippen molar-refractivity contribution in [1.29, 1.82) is 0 Å². The molecule has 3 heterocycles. The van der Waals surface area contributed by atoms with Crippen molar-refractivity contribution in [3.63, 3.8) is 0 Å². The number of hydrogen-bond donors (Lipinski definition) is 1. The number of hydrogen-bond acceptors (Lipinski definition) is 5. The Morgan fingerprint density at radius 3 is 3.00 bits per heavy atom. The SMILES string of the molecule is c1ccc(-c2nc(CN3C[C@@H]4CCN[C@@H]4C3)no2)cc1. The minimum absolute atomic E-state index is 0.609. The molecule has 5 heteroatoms. The van der Waals surface area contributed by atoms with Gasteiger partial charge in [0.2, 0.25) is 0 Å². The summed E-state index contributed by atoms with van der Waals surface area (Å²) in [7, 11) is 0. The molecule has 0 amide bonds. The first-order valence-corrected chi connectivity index (χ1v) is 7.22. The van der Waals surface area contributed by atoms with Crippen LogP contribution in [-0.2, 0) is 6.54 Å². The van der Waals surface area contributed by atoms with E-state index in [9.17, 15) is 0 Å². The molecule has 1 aromatic heterocycles. The summed E-state index contributed by atoms with van der Waals surface area (Å²) in [4.78, 5) is 6.92. The van der Waals surface area contributed by atoms with E-state index in [0.29, 0.717) is 11.9 Å². The zero-order chi connectivity index (χ0) is 13.4. The quantitative estimate of drug-likeness (QED) is 0.916. The zero-order valence-corrected chi connectivity index (χ0v) is 11.3. The van der Waals surface area contributed by atoms with Crippen LogP contribution in [0.5, 0.6) is 0 Å². The second kappa shape index (κ2) is 5.00. The lowest BCUT2D eigenvalue weighted by molar-refractivity contribution is 0.292. The van der Waals surface area contributed by atoms with Gasteiger partial charge in [0.15, 0.2) is 5.82 Å². The van der Waals surface area contributed by atoms with Crippen molar-refractivity contribution < 1.29 is 4.52 Å². The van der Waals surface area contributed by atoms with Crippen molar-refractivity contribution in [3.05, 3.63) is 36.2 Å². The summed E-state index contributed by atoms with van der Waals surface area (Å²) in [5.74, 6) is 2.19. The normalized spacial score (nSPS) is 26.0. The Hall–Kier alpha value is -1.72. The molecular weight excluding hydrogens is 252 g/mol. The molecule has 2 atom stereocenters. The van der Waals surface area contributed by atoms with Crippen molar-refractivity contribution >= 4 is 0 Å². The average Bonchev–Trinajstić information content (AvgIpc) is 3.16. The number of likely N-dealkylation sites (tertiary alicyclic amines) is 1. The standard InChI is InChI=1S/C15H18N4O/c1-2-4-11(5-3-1)15-17-14(18-20-15)10-19-8-12-6-7-16-13(12)9-19/h1-5,12-13,16H,6-10H2/t12-,13+/m0/s1. The van der Waals surface area contributed by atoms with Gasteiger partial charge in [0, 0.05) is 24.7 Å². The van der Waals surface area contributed by atoms with E-state index in [1.807, 2.05) is 30.3 Å². The van der Waals surface area contributed by atoms with Gasteiger partial charge in [-0.25, -0.2) is 0 Å². The van der Waals surface area contributed by atoms with Gasteiger partial charge in [-0.15, -0.1) is 0 Å². The first kappa shape index (κ1) is 12.1. The molecule has 104 valence electrons. The molecule has 2 fully saturated rings. The van der Waals surface area contributed by atoms with Crippen molar-refractivity contribution in [3.8, 4) is 11.5 Å². The fraction of sp³-hybridized carbons (Fsp3) is 0.467. The van der Waals surface area contributed by atoms with Crippen molar-refractivity contribution in [2.24, 2.45) is 5.92 Å². The maximum absolute atomic E-state index is 5.35. The molecule has 0 radical (unpaired) electrons. The number of aromatic nitrogens is 2. The van der Waals surface area contributed by atoms with E-state index >= 15 is 0 Å². The Morgan fingerprint density at radius 1 is 1.25 bits per heavy atom. The lowest BCUT2D eigenvalue weighted by Gasteiger charge is -2.13. The van der Waals surface area contributed by atoms with Crippen LogP contribution >= 0.6 is 0 Å². The summed E-state index contributed by atoms with van der Waals surface area (Å²) in [5, 5.41) is 7.66. The summed E-state index contributed by atoms with van der Waals surface area (Å²) < 4.78 is 5.35. The van der Waals surface area contributed by atoms with Gasteiger partial charge in [-0.05, 0) is 31.0 Å². The molecule has 2 aliphatic rings. The van der Waals surface area contributed by atoms with Gasteiger partial charge in [-0.3, -0.25) is 4.90 Å².